The third-order valence-corrected chi connectivity index (χ3v) is 5.65. The Bertz CT molecular complexity index is 957. The van der Waals surface area contributed by atoms with Crippen molar-refractivity contribution in [2.45, 2.75) is 45.6 Å². The Morgan fingerprint density at radius 3 is 2.66 bits per heavy atom. The number of rotatable bonds is 9. The molecular formula is C22H26N4O2S. The van der Waals surface area contributed by atoms with Crippen molar-refractivity contribution in [3.05, 3.63) is 71.0 Å². The molecule has 1 amide bonds. The van der Waals surface area contributed by atoms with Gasteiger partial charge in [0.2, 0.25) is 5.91 Å². The highest BCUT2D eigenvalue weighted by Crippen LogP contribution is 2.22. The topological polar surface area (TPSA) is 69.0 Å². The van der Waals surface area contributed by atoms with Gasteiger partial charge in [-0.25, -0.2) is 0 Å². The number of benzene rings is 2. The quantitative estimate of drug-likeness (QED) is 0.542. The van der Waals surface area contributed by atoms with Gasteiger partial charge in [0.25, 0.3) is 0 Å². The van der Waals surface area contributed by atoms with Crippen LogP contribution in [0.25, 0.3) is 0 Å². The molecule has 7 heteroatoms. The molecule has 0 bridgehead atoms. The summed E-state index contributed by atoms with van der Waals surface area (Å²) in [4.78, 5) is 12.2. The first-order valence-corrected chi connectivity index (χ1v) is 10.6. The molecular weight excluding hydrogens is 384 g/mol. The lowest BCUT2D eigenvalue weighted by atomic mass is 10.1. The molecule has 0 radical (unpaired) electrons. The van der Waals surface area contributed by atoms with Crippen molar-refractivity contribution in [3.8, 4) is 5.75 Å². The minimum absolute atomic E-state index is 0.0299. The molecule has 0 atom stereocenters. The van der Waals surface area contributed by atoms with Gasteiger partial charge in [-0.05, 0) is 43.5 Å². The molecule has 6 nitrogen and oxygen atoms in total. The van der Waals surface area contributed by atoms with Crippen LogP contribution in [-0.4, -0.2) is 26.4 Å². The monoisotopic (exact) mass is 410 g/mol. The Labute approximate surface area is 175 Å². The van der Waals surface area contributed by atoms with Crippen LogP contribution < -0.4 is 10.1 Å². The second-order valence-corrected chi connectivity index (χ2v) is 7.62. The molecule has 0 fully saturated rings. The second-order valence-electron chi connectivity index (χ2n) is 6.68. The van der Waals surface area contributed by atoms with Crippen molar-refractivity contribution in [2.75, 3.05) is 5.75 Å². The van der Waals surface area contributed by atoms with Crippen LogP contribution in [0.15, 0.2) is 53.7 Å². The predicted octanol–water partition coefficient (Wildman–Crippen LogP) is 3.90. The first-order chi connectivity index (χ1) is 14.1. The van der Waals surface area contributed by atoms with Gasteiger partial charge in [-0.2, -0.15) is 0 Å². The highest BCUT2D eigenvalue weighted by atomic mass is 32.2. The molecule has 1 aromatic heterocycles. The number of hydrogen-bond acceptors (Lipinski definition) is 5. The third-order valence-electron chi connectivity index (χ3n) is 4.69. The lowest BCUT2D eigenvalue weighted by Gasteiger charge is -2.11. The number of nitrogens with zero attached hydrogens (tertiary/aromatic N) is 3. The van der Waals surface area contributed by atoms with Crippen molar-refractivity contribution < 1.29 is 9.53 Å². The summed E-state index contributed by atoms with van der Waals surface area (Å²) in [7, 11) is 0. The van der Waals surface area contributed by atoms with Crippen LogP contribution >= 0.6 is 11.8 Å². The summed E-state index contributed by atoms with van der Waals surface area (Å²) in [5.74, 6) is 1.87. The van der Waals surface area contributed by atoms with E-state index in [4.69, 9.17) is 4.74 Å². The minimum Gasteiger partial charge on any atom is -0.485 e. The van der Waals surface area contributed by atoms with Crippen LogP contribution in [0, 0.1) is 13.8 Å². The van der Waals surface area contributed by atoms with E-state index >= 15 is 0 Å². The standard InChI is InChI=1S/C22H26N4O2S/c1-4-26-20(14-28-19-12-8-9-16(2)17(19)3)24-25-22(26)29-15-21(27)23-13-18-10-6-5-7-11-18/h5-12H,4,13-15H2,1-3H3,(H,23,27). The van der Waals surface area contributed by atoms with E-state index in [0.717, 1.165) is 27.9 Å². The molecule has 0 spiro atoms. The Balaban J connectivity index is 1.55. The number of nitrogens with one attached hydrogen (secondary N) is 1. The molecule has 0 aliphatic rings. The van der Waals surface area contributed by atoms with Crippen molar-refractivity contribution in [1.29, 1.82) is 0 Å². The summed E-state index contributed by atoms with van der Waals surface area (Å²) in [6.45, 7) is 7.72. The van der Waals surface area contributed by atoms with Crippen LogP contribution in [-0.2, 0) is 24.5 Å². The first kappa shape index (κ1) is 20.9. The van der Waals surface area contributed by atoms with Gasteiger partial charge in [-0.3, -0.25) is 4.79 Å². The summed E-state index contributed by atoms with van der Waals surface area (Å²) in [5.41, 5.74) is 3.39. The fourth-order valence-corrected chi connectivity index (χ4v) is 3.70. The van der Waals surface area contributed by atoms with Crippen LogP contribution in [0.5, 0.6) is 5.75 Å². The minimum atomic E-state index is -0.0299. The molecule has 29 heavy (non-hydrogen) atoms. The Kier molecular flexibility index (Phi) is 7.30. The normalized spacial score (nSPS) is 10.7. The van der Waals surface area contributed by atoms with E-state index in [1.807, 2.05) is 60.9 Å². The number of aromatic nitrogens is 3. The molecule has 0 unspecified atom stereocenters. The maximum Gasteiger partial charge on any atom is 0.230 e. The molecule has 0 aliphatic carbocycles. The van der Waals surface area contributed by atoms with Crippen molar-refractivity contribution >= 4 is 17.7 Å². The van der Waals surface area contributed by atoms with E-state index in [0.29, 0.717) is 25.4 Å². The van der Waals surface area contributed by atoms with Gasteiger partial charge in [0.05, 0.1) is 5.75 Å². The molecule has 0 saturated carbocycles. The van der Waals surface area contributed by atoms with Gasteiger partial charge in [0, 0.05) is 13.1 Å². The Hall–Kier alpha value is -2.80. The summed E-state index contributed by atoms with van der Waals surface area (Å²) in [6.07, 6.45) is 0. The lowest BCUT2D eigenvalue weighted by Crippen LogP contribution is -2.24. The number of aryl methyl sites for hydroxylation is 1. The lowest BCUT2D eigenvalue weighted by molar-refractivity contribution is -0.118. The summed E-state index contributed by atoms with van der Waals surface area (Å²) in [6, 6.07) is 15.9. The number of carbonyl (C=O) groups excluding carboxylic acids is 1. The fraction of sp³-hybridized carbons (Fsp3) is 0.318. The second kappa shape index (κ2) is 10.1. The van der Waals surface area contributed by atoms with Gasteiger partial charge in [0.15, 0.2) is 11.0 Å². The van der Waals surface area contributed by atoms with Crippen molar-refractivity contribution in [2.24, 2.45) is 0 Å². The van der Waals surface area contributed by atoms with Gasteiger partial charge in [-0.1, -0.05) is 54.2 Å². The number of ether oxygens (including phenoxy) is 1. The third kappa shape index (κ3) is 5.60. The molecule has 0 aliphatic heterocycles. The molecule has 152 valence electrons. The smallest absolute Gasteiger partial charge is 0.230 e. The molecule has 3 rings (SSSR count). The van der Waals surface area contributed by atoms with Gasteiger partial charge < -0.3 is 14.6 Å². The Morgan fingerprint density at radius 2 is 1.90 bits per heavy atom. The van der Waals surface area contributed by atoms with Gasteiger partial charge >= 0.3 is 0 Å². The molecule has 1 N–H and O–H groups in total. The van der Waals surface area contributed by atoms with Crippen molar-refractivity contribution in [1.82, 2.24) is 20.1 Å². The molecule has 1 heterocycles. The number of hydrogen-bond donors (Lipinski definition) is 1. The zero-order chi connectivity index (χ0) is 20.6. The van der Waals surface area contributed by atoms with E-state index in [-0.39, 0.29) is 5.91 Å². The van der Waals surface area contributed by atoms with E-state index in [9.17, 15) is 4.79 Å². The van der Waals surface area contributed by atoms with Gasteiger partial charge in [0.1, 0.15) is 12.4 Å². The maximum absolute atomic E-state index is 12.2. The van der Waals surface area contributed by atoms with E-state index in [1.165, 1.54) is 17.3 Å². The van der Waals surface area contributed by atoms with E-state index < -0.39 is 0 Å². The number of amides is 1. The van der Waals surface area contributed by atoms with Crippen LogP contribution in [0.3, 0.4) is 0 Å². The highest BCUT2D eigenvalue weighted by molar-refractivity contribution is 7.99. The first-order valence-electron chi connectivity index (χ1n) is 9.63. The zero-order valence-corrected chi connectivity index (χ0v) is 17.8. The van der Waals surface area contributed by atoms with E-state index in [1.54, 1.807) is 0 Å². The number of carbonyl (C=O) groups is 1. The van der Waals surface area contributed by atoms with E-state index in [2.05, 4.69) is 28.5 Å². The summed E-state index contributed by atoms with van der Waals surface area (Å²) in [5, 5.41) is 12.2. The predicted molar refractivity (Wildman–Crippen MR) is 115 cm³/mol. The van der Waals surface area contributed by atoms with Crippen LogP contribution in [0.1, 0.15) is 29.4 Å². The largest absolute Gasteiger partial charge is 0.485 e. The van der Waals surface area contributed by atoms with Gasteiger partial charge in [-0.15, -0.1) is 10.2 Å². The zero-order valence-electron chi connectivity index (χ0n) is 17.0. The maximum atomic E-state index is 12.2. The van der Waals surface area contributed by atoms with Crippen LogP contribution in [0.2, 0.25) is 0 Å². The summed E-state index contributed by atoms with van der Waals surface area (Å²) < 4.78 is 7.95. The Morgan fingerprint density at radius 1 is 1.10 bits per heavy atom. The molecule has 2 aromatic carbocycles. The average Bonchev–Trinajstić information content (AvgIpc) is 3.14. The number of thioether (sulfide) groups is 1. The average molecular weight is 411 g/mol. The highest BCUT2D eigenvalue weighted by Gasteiger charge is 2.14. The molecule has 0 saturated heterocycles. The van der Waals surface area contributed by atoms with Crippen molar-refractivity contribution in [3.63, 3.8) is 0 Å². The molecule has 3 aromatic rings. The van der Waals surface area contributed by atoms with Crippen LogP contribution in [0.4, 0.5) is 0 Å². The SMILES string of the molecule is CCn1c(COc2cccc(C)c2C)nnc1SCC(=O)NCc1ccccc1. The summed E-state index contributed by atoms with van der Waals surface area (Å²) >= 11 is 1.38. The fourth-order valence-electron chi connectivity index (χ4n) is 2.85.